The minimum absolute atomic E-state index is 0.221. The molecule has 1 aromatic heterocycles. The second-order valence-corrected chi connectivity index (χ2v) is 10.7. The number of para-hydroxylation sites is 1. The molecule has 0 bridgehead atoms. The van der Waals surface area contributed by atoms with Crippen molar-refractivity contribution in [1.29, 1.82) is 0 Å². The molecule has 9 heteroatoms. The molecule has 0 atom stereocenters. The number of hydrogen-bond donors (Lipinski definition) is 4. The Balaban J connectivity index is 1.31. The largest absolute Gasteiger partial charge is 0.496 e. The molecule has 1 amide bonds. The molecule has 1 saturated heterocycles. The van der Waals surface area contributed by atoms with E-state index in [4.69, 9.17) is 4.74 Å². The Morgan fingerprint density at radius 2 is 1.81 bits per heavy atom. The number of pyridine rings is 1. The lowest BCUT2D eigenvalue weighted by atomic mass is 9.86. The number of aromatic nitrogens is 1. The Bertz CT molecular complexity index is 1400. The van der Waals surface area contributed by atoms with Crippen LogP contribution in [0.3, 0.4) is 0 Å². The Labute approximate surface area is 210 Å². The van der Waals surface area contributed by atoms with E-state index in [-0.39, 0.29) is 29.6 Å². The monoisotopic (exact) mass is 505 g/mol. The van der Waals surface area contributed by atoms with Crippen molar-refractivity contribution in [1.82, 2.24) is 9.88 Å². The van der Waals surface area contributed by atoms with Gasteiger partial charge in [0, 0.05) is 24.1 Å². The first-order valence-corrected chi connectivity index (χ1v) is 13.0. The average Bonchev–Trinajstić information content (AvgIpc) is 2.86. The molecule has 4 N–H and O–H groups in total. The molecule has 2 heterocycles. The third kappa shape index (κ3) is 4.74. The molecule has 5 rings (SSSR count). The van der Waals surface area contributed by atoms with E-state index in [2.05, 4.69) is 9.71 Å². The maximum absolute atomic E-state index is 13.1. The lowest BCUT2D eigenvalue weighted by Crippen LogP contribution is -2.64. The summed E-state index contributed by atoms with van der Waals surface area (Å²) < 4.78 is 30.1. The number of amides is 1. The highest BCUT2D eigenvalue weighted by molar-refractivity contribution is 8.25. The maximum atomic E-state index is 13.1. The number of carbonyl (C=O) groups excluding carboxylic acids is 1. The van der Waals surface area contributed by atoms with E-state index in [1.165, 1.54) is 7.11 Å². The van der Waals surface area contributed by atoms with Crippen molar-refractivity contribution in [2.24, 2.45) is 0 Å². The minimum Gasteiger partial charge on any atom is -0.496 e. The van der Waals surface area contributed by atoms with Crippen LogP contribution in [-0.2, 0) is 6.42 Å². The van der Waals surface area contributed by atoms with Crippen molar-refractivity contribution in [2.45, 2.75) is 16.9 Å². The third-order valence-electron chi connectivity index (χ3n) is 6.23. The van der Waals surface area contributed by atoms with Crippen LogP contribution in [0.1, 0.15) is 15.9 Å². The molecule has 0 radical (unpaired) electrons. The van der Waals surface area contributed by atoms with Gasteiger partial charge in [-0.3, -0.25) is 23.6 Å². The number of ether oxygens (including phenoxy) is 1. The number of nitrogens with zero attached hydrogens (tertiary/aromatic N) is 2. The number of rotatable bonds is 7. The van der Waals surface area contributed by atoms with Gasteiger partial charge in [-0.1, -0.05) is 59.3 Å². The first-order valence-electron chi connectivity index (χ1n) is 11.4. The number of aliphatic hydroxyl groups is 1. The van der Waals surface area contributed by atoms with Crippen LogP contribution in [0.2, 0.25) is 0 Å². The number of hydrogen-bond acceptors (Lipinski definition) is 7. The molecule has 1 fully saturated rings. The zero-order chi connectivity index (χ0) is 25.3. The number of anilines is 1. The molecule has 1 aliphatic rings. The van der Waals surface area contributed by atoms with Gasteiger partial charge in [0.1, 0.15) is 16.2 Å². The van der Waals surface area contributed by atoms with E-state index >= 15 is 0 Å². The molecule has 0 saturated carbocycles. The summed E-state index contributed by atoms with van der Waals surface area (Å²) in [6.45, 7) is 0.441. The van der Waals surface area contributed by atoms with E-state index in [1.54, 1.807) is 47.5 Å². The van der Waals surface area contributed by atoms with Gasteiger partial charge in [0.15, 0.2) is 0 Å². The quantitative estimate of drug-likeness (QED) is 0.285. The van der Waals surface area contributed by atoms with Gasteiger partial charge < -0.3 is 14.7 Å². The Kier molecular flexibility index (Phi) is 6.31. The summed E-state index contributed by atoms with van der Waals surface area (Å²) in [5.74, 6) is 0.0238. The second-order valence-electron chi connectivity index (χ2n) is 8.95. The maximum Gasteiger partial charge on any atom is 0.257 e. The SMILES string of the molecule is COc1cc(NS(O)(O)c2cccc3cccnc23)ccc1C(=O)N1CC(O)(Cc2ccccc2)C1. The van der Waals surface area contributed by atoms with Crippen molar-refractivity contribution in [3.05, 3.63) is 96.2 Å². The molecule has 4 aromatic rings. The Morgan fingerprint density at radius 1 is 1.06 bits per heavy atom. The van der Waals surface area contributed by atoms with Crippen LogP contribution in [0.15, 0.2) is 90.0 Å². The molecule has 0 unspecified atom stereocenters. The van der Waals surface area contributed by atoms with E-state index < -0.39 is 16.4 Å². The van der Waals surface area contributed by atoms with E-state index in [0.29, 0.717) is 23.2 Å². The minimum atomic E-state index is -3.45. The summed E-state index contributed by atoms with van der Waals surface area (Å²) >= 11 is 0. The van der Waals surface area contributed by atoms with Crippen LogP contribution < -0.4 is 9.46 Å². The van der Waals surface area contributed by atoms with Crippen molar-refractivity contribution >= 4 is 33.3 Å². The molecular formula is C27H27N3O5S. The molecular weight excluding hydrogens is 478 g/mol. The zero-order valence-electron chi connectivity index (χ0n) is 19.7. The van der Waals surface area contributed by atoms with Gasteiger partial charge in [0.2, 0.25) is 0 Å². The third-order valence-corrected chi connectivity index (χ3v) is 7.69. The first-order chi connectivity index (χ1) is 17.3. The number of likely N-dealkylation sites (tertiary alicyclic amines) is 1. The van der Waals surface area contributed by atoms with Gasteiger partial charge in [-0.25, -0.2) is 0 Å². The van der Waals surface area contributed by atoms with Crippen molar-refractivity contribution in [3.8, 4) is 5.75 Å². The van der Waals surface area contributed by atoms with E-state index in [1.807, 2.05) is 42.5 Å². The fourth-order valence-corrected chi connectivity index (χ4v) is 5.80. The fraction of sp³-hybridized carbons (Fsp3) is 0.185. The van der Waals surface area contributed by atoms with Gasteiger partial charge in [0.05, 0.1) is 37.0 Å². The van der Waals surface area contributed by atoms with Gasteiger partial charge in [-0.05, 0) is 29.8 Å². The number of benzene rings is 3. The molecule has 0 spiro atoms. The predicted molar refractivity (Wildman–Crippen MR) is 140 cm³/mol. The summed E-state index contributed by atoms with van der Waals surface area (Å²) in [6.07, 6.45) is 2.07. The first kappa shape index (κ1) is 24.1. The predicted octanol–water partition coefficient (Wildman–Crippen LogP) is 4.81. The lowest BCUT2D eigenvalue weighted by molar-refractivity contribution is -0.0800. The normalized spacial score (nSPS) is 15.3. The van der Waals surface area contributed by atoms with Crippen LogP contribution in [0.25, 0.3) is 10.9 Å². The highest BCUT2D eigenvalue weighted by Gasteiger charge is 2.44. The lowest BCUT2D eigenvalue weighted by Gasteiger charge is -2.46. The van der Waals surface area contributed by atoms with E-state index in [9.17, 15) is 19.0 Å². The number of nitrogens with one attached hydrogen (secondary N) is 1. The second kappa shape index (κ2) is 9.44. The standard InChI is InChI=1S/C27H27N3O5S/c1-35-23-15-21(29-36(33,34)24-11-5-9-20-10-6-14-28-25(20)24)12-13-22(23)26(31)30-17-27(32,18-30)16-19-7-3-2-4-8-19/h2-15,29,32-34H,16-18H2,1H3. The van der Waals surface area contributed by atoms with E-state index in [0.717, 1.165) is 10.9 Å². The van der Waals surface area contributed by atoms with Crippen LogP contribution in [-0.4, -0.2) is 55.8 Å². The van der Waals surface area contributed by atoms with Crippen LogP contribution >= 0.6 is 10.8 Å². The molecule has 0 aliphatic carbocycles. The molecule has 3 aromatic carbocycles. The molecule has 1 aliphatic heterocycles. The number of methoxy groups -OCH3 is 1. The van der Waals surface area contributed by atoms with Gasteiger partial charge in [0.25, 0.3) is 5.91 Å². The zero-order valence-corrected chi connectivity index (χ0v) is 20.5. The van der Waals surface area contributed by atoms with Gasteiger partial charge in [-0.15, -0.1) is 0 Å². The summed E-state index contributed by atoms with van der Waals surface area (Å²) in [5, 5.41) is 11.6. The summed E-state index contributed by atoms with van der Waals surface area (Å²) in [7, 11) is -2.00. The molecule has 186 valence electrons. The van der Waals surface area contributed by atoms with Crippen LogP contribution in [0.4, 0.5) is 5.69 Å². The topological polar surface area (TPSA) is 115 Å². The average molecular weight is 506 g/mol. The van der Waals surface area contributed by atoms with Crippen molar-refractivity contribution in [3.63, 3.8) is 0 Å². The molecule has 36 heavy (non-hydrogen) atoms. The smallest absolute Gasteiger partial charge is 0.257 e. The Morgan fingerprint density at radius 3 is 2.56 bits per heavy atom. The fourth-order valence-electron chi connectivity index (χ4n) is 4.52. The molecule has 8 nitrogen and oxygen atoms in total. The Hall–Kier alpha value is -3.63. The van der Waals surface area contributed by atoms with Crippen molar-refractivity contribution < 1.29 is 23.7 Å². The van der Waals surface area contributed by atoms with Crippen molar-refractivity contribution in [2.75, 3.05) is 24.9 Å². The highest BCUT2D eigenvalue weighted by atomic mass is 32.3. The van der Waals surface area contributed by atoms with Gasteiger partial charge >= 0.3 is 0 Å². The highest BCUT2D eigenvalue weighted by Crippen LogP contribution is 2.50. The number of fused-ring (bicyclic) bond motifs is 1. The summed E-state index contributed by atoms with van der Waals surface area (Å²) in [5.41, 5.74) is 1.25. The number of β-amino-alcohol motifs (C(OH)–C–C–N with tert-alkyl or cyclic N) is 1. The summed E-state index contributed by atoms with van der Waals surface area (Å²) in [6, 6.07) is 23.2. The van der Waals surface area contributed by atoms with Crippen LogP contribution in [0.5, 0.6) is 5.75 Å². The summed E-state index contributed by atoms with van der Waals surface area (Å²) in [4.78, 5) is 19.3. The number of carbonyl (C=O) groups is 1. The van der Waals surface area contributed by atoms with Gasteiger partial charge in [-0.2, -0.15) is 0 Å². The van der Waals surface area contributed by atoms with Crippen LogP contribution in [0, 0.1) is 0 Å².